The topological polar surface area (TPSA) is 64.4 Å². The van der Waals surface area contributed by atoms with E-state index >= 15 is 0 Å². The first-order valence-electron chi connectivity index (χ1n) is 5.67. The first-order valence-corrected chi connectivity index (χ1v) is 6.04. The van der Waals surface area contributed by atoms with Crippen LogP contribution in [0, 0.1) is 13.8 Å². The van der Waals surface area contributed by atoms with Gasteiger partial charge in [-0.25, -0.2) is 0 Å². The molecule has 2 rings (SSSR count). The van der Waals surface area contributed by atoms with Gasteiger partial charge in [0.2, 0.25) is 0 Å². The summed E-state index contributed by atoms with van der Waals surface area (Å²) in [6.07, 6.45) is 0. The van der Waals surface area contributed by atoms with Crippen LogP contribution in [0.2, 0.25) is 5.02 Å². The largest absolute Gasteiger partial charge is 0.465 e. The zero-order chi connectivity index (χ0) is 13.8. The smallest absolute Gasteiger partial charge is 0.262 e. The van der Waals surface area contributed by atoms with Gasteiger partial charge in [0.15, 0.2) is 6.61 Å². The summed E-state index contributed by atoms with van der Waals surface area (Å²) in [4.78, 5) is 11.7. The van der Waals surface area contributed by atoms with Crippen LogP contribution in [0.1, 0.15) is 11.3 Å². The van der Waals surface area contributed by atoms with E-state index < -0.39 is 0 Å². The lowest BCUT2D eigenvalue weighted by Gasteiger charge is -2.08. The Balaban J connectivity index is 1.90. The van der Waals surface area contributed by atoms with E-state index in [4.69, 9.17) is 20.9 Å². The number of carbonyl (C=O) groups is 1. The Labute approximate surface area is 115 Å². The van der Waals surface area contributed by atoms with E-state index in [1.165, 1.54) is 0 Å². The molecule has 0 unspecified atom stereocenters. The standard InChI is InChI=1S/C13H13ClN2O3/c1-8-5-10(14)3-4-11(8)15-12(17)7-18-13-6-9(2)19-16-13/h3-6H,7H2,1-2H3,(H,15,17). The number of ether oxygens (including phenoxy) is 1. The van der Waals surface area contributed by atoms with Gasteiger partial charge in [0.1, 0.15) is 5.76 Å². The summed E-state index contributed by atoms with van der Waals surface area (Å²) in [5, 5.41) is 6.99. The maximum Gasteiger partial charge on any atom is 0.262 e. The molecule has 1 aromatic heterocycles. The van der Waals surface area contributed by atoms with Gasteiger partial charge < -0.3 is 14.6 Å². The summed E-state index contributed by atoms with van der Waals surface area (Å²) in [7, 11) is 0. The van der Waals surface area contributed by atoms with Crippen LogP contribution in [0.5, 0.6) is 5.88 Å². The molecule has 0 spiro atoms. The van der Waals surface area contributed by atoms with Crippen LogP contribution in [0.25, 0.3) is 0 Å². The van der Waals surface area contributed by atoms with Crippen molar-refractivity contribution in [1.29, 1.82) is 0 Å². The first kappa shape index (κ1) is 13.4. The number of hydrogen-bond donors (Lipinski definition) is 1. The van der Waals surface area contributed by atoms with Crippen molar-refractivity contribution >= 4 is 23.2 Å². The minimum absolute atomic E-state index is 0.131. The first-order chi connectivity index (χ1) is 9.04. The molecule has 0 atom stereocenters. The van der Waals surface area contributed by atoms with Gasteiger partial charge in [-0.1, -0.05) is 11.6 Å². The third-order valence-electron chi connectivity index (χ3n) is 2.42. The molecule has 0 saturated carbocycles. The second kappa shape index (κ2) is 5.75. The molecule has 2 aromatic rings. The summed E-state index contributed by atoms with van der Waals surface area (Å²) in [6.45, 7) is 3.48. The highest BCUT2D eigenvalue weighted by Gasteiger charge is 2.08. The van der Waals surface area contributed by atoms with Crippen molar-refractivity contribution < 1.29 is 14.1 Å². The molecule has 1 N–H and O–H groups in total. The second-order valence-electron chi connectivity index (χ2n) is 4.07. The molecule has 0 aliphatic rings. The van der Waals surface area contributed by atoms with Gasteiger partial charge in [-0.15, -0.1) is 0 Å². The van der Waals surface area contributed by atoms with E-state index in [9.17, 15) is 4.79 Å². The molecule has 0 bridgehead atoms. The predicted molar refractivity (Wildman–Crippen MR) is 71.6 cm³/mol. The zero-order valence-corrected chi connectivity index (χ0v) is 11.3. The Morgan fingerprint density at radius 2 is 2.21 bits per heavy atom. The van der Waals surface area contributed by atoms with Gasteiger partial charge in [0, 0.05) is 16.8 Å². The van der Waals surface area contributed by atoms with Gasteiger partial charge in [-0.3, -0.25) is 4.79 Å². The number of rotatable bonds is 4. The van der Waals surface area contributed by atoms with Crippen LogP contribution in [0.3, 0.4) is 0 Å². The molecule has 0 aliphatic heterocycles. The third kappa shape index (κ3) is 3.72. The van der Waals surface area contributed by atoms with E-state index in [0.717, 1.165) is 5.56 Å². The molecule has 0 fully saturated rings. The average Bonchev–Trinajstić information content (AvgIpc) is 2.76. The Hall–Kier alpha value is -2.01. The number of nitrogens with zero attached hydrogens (tertiary/aromatic N) is 1. The number of hydrogen-bond acceptors (Lipinski definition) is 4. The number of benzene rings is 1. The van der Waals surface area contributed by atoms with Gasteiger partial charge in [-0.2, -0.15) is 0 Å². The molecule has 100 valence electrons. The molecule has 1 aromatic carbocycles. The maximum absolute atomic E-state index is 11.7. The van der Waals surface area contributed by atoms with Crippen molar-refractivity contribution in [1.82, 2.24) is 5.16 Å². The summed E-state index contributed by atoms with van der Waals surface area (Å²) < 4.78 is 10.0. The zero-order valence-electron chi connectivity index (χ0n) is 10.6. The van der Waals surface area contributed by atoms with Gasteiger partial charge in [-0.05, 0) is 42.8 Å². The van der Waals surface area contributed by atoms with Gasteiger partial charge in [0.25, 0.3) is 11.8 Å². The van der Waals surface area contributed by atoms with Crippen LogP contribution >= 0.6 is 11.6 Å². The van der Waals surface area contributed by atoms with Crippen LogP contribution in [0.15, 0.2) is 28.8 Å². The number of anilines is 1. The summed E-state index contributed by atoms with van der Waals surface area (Å²) in [5.74, 6) is 0.649. The fourth-order valence-corrected chi connectivity index (χ4v) is 1.73. The summed E-state index contributed by atoms with van der Waals surface area (Å²) in [6, 6.07) is 6.85. The highest BCUT2D eigenvalue weighted by molar-refractivity contribution is 6.30. The lowest BCUT2D eigenvalue weighted by Crippen LogP contribution is -2.20. The molecule has 6 heteroatoms. The van der Waals surface area contributed by atoms with Gasteiger partial charge >= 0.3 is 0 Å². The quantitative estimate of drug-likeness (QED) is 0.935. The summed E-state index contributed by atoms with van der Waals surface area (Å²) in [5.41, 5.74) is 1.59. The monoisotopic (exact) mass is 280 g/mol. The molecular formula is C13H13ClN2O3. The number of amides is 1. The summed E-state index contributed by atoms with van der Waals surface area (Å²) >= 11 is 5.84. The van der Waals surface area contributed by atoms with Crippen LogP contribution in [0.4, 0.5) is 5.69 Å². The molecule has 1 heterocycles. The van der Waals surface area contributed by atoms with E-state index in [0.29, 0.717) is 22.4 Å². The Kier molecular flexibility index (Phi) is 4.06. The Morgan fingerprint density at radius 3 is 2.84 bits per heavy atom. The maximum atomic E-state index is 11.7. The average molecular weight is 281 g/mol. The molecular weight excluding hydrogens is 268 g/mol. The van der Waals surface area contributed by atoms with E-state index in [1.807, 2.05) is 6.92 Å². The van der Waals surface area contributed by atoms with Crippen molar-refractivity contribution in [2.45, 2.75) is 13.8 Å². The van der Waals surface area contributed by atoms with Crippen molar-refractivity contribution in [3.8, 4) is 5.88 Å². The number of nitrogens with one attached hydrogen (secondary N) is 1. The molecule has 1 amide bonds. The fourth-order valence-electron chi connectivity index (χ4n) is 1.50. The Morgan fingerprint density at radius 1 is 1.42 bits per heavy atom. The molecule has 0 radical (unpaired) electrons. The van der Waals surface area contributed by atoms with Crippen molar-refractivity contribution in [2.24, 2.45) is 0 Å². The molecule has 0 saturated heterocycles. The number of carbonyl (C=O) groups excluding carboxylic acids is 1. The lowest BCUT2D eigenvalue weighted by molar-refractivity contribution is -0.118. The van der Waals surface area contributed by atoms with Crippen LogP contribution < -0.4 is 10.1 Å². The molecule has 5 nitrogen and oxygen atoms in total. The van der Waals surface area contributed by atoms with Crippen LogP contribution in [-0.4, -0.2) is 17.7 Å². The van der Waals surface area contributed by atoms with Crippen molar-refractivity contribution in [3.63, 3.8) is 0 Å². The molecule has 19 heavy (non-hydrogen) atoms. The minimum Gasteiger partial charge on any atom is -0.465 e. The lowest BCUT2D eigenvalue weighted by atomic mass is 10.2. The van der Waals surface area contributed by atoms with E-state index in [1.54, 1.807) is 31.2 Å². The van der Waals surface area contributed by atoms with E-state index in [-0.39, 0.29) is 12.5 Å². The van der Waals surface area contributed by atoms with Crippen molar-refractivity contribution in [3.05, 3.63) is 40.6 Å². The highest BCUT2D eigenvalue weighted by atomic mass is 35.5. The minimum atomic E-state index is -0.272. The third-order valence-corrected chi connectivity index (χ3v) is 2.66. The fraction of sp³-hybridized carbons (Fsp3) is 0.231. The molecule has 0 aliphatic carbocycles. The normalized spacial score (nSPS) is 10.3. The van der Waals surface area contributed by atoms with Crippen LogP contribution in [-0.2, 0) is 4.79 Å². The van der Waals surface area contributed by atoms with Gasteiger partial charge in [0.05, 0.1) is 0 Å². The Bertz CT molecular complexity index is 595. The number of halogens is 1. The second-order valence-corrected chi connectivity index (χ2v) is 4.51. The number of aryl methyl sites for hydroxylation is 2. The SMILES string of the molecule is Cc1cc(OCC(=O)Nc2ccc(Cl)cc2C)no1. The number of aromatic nitrogens is 1. The highest BCUT2D eigenvalue weighted by Crippen LogP contribution is 2.19. The van der Waals surface area contributed by atoms with E-state index in [2.05, 4.69) is 10.5 Å². The predicted octanol–water partition coefficient (Wildman–Crippen LogP) is 2.96. The van der Waals surface area contributed by atoms with Crippen molar-refractivity contribution in [2.75, 3.05) is 11.9 Å².